The lowest BCUT2D eigenvalue weighted by atomic mass is 9.71. The Morgan fingerprint density at radius 2 is 1.58 bits per heavy atom. The number of nitrogens with zero attached hydrogens (tertiary/aromatic N) is 2. The van der Waals surface area contributed by atoms with Gasteiger partial charge in [-0.05, 0) is 103 Å². The van der Waals surface area contributed by atoms with Crippen molar-refractivity contribution >= 4 is 13.0 Å². The first kappa shape index (κ1) is 21.7. The largest absolute Gasteiger partial charge is 0.490 e. The van der Waals surface area contributed by atoms with Crippen molar-refractivity contribution in [2.45, 2.75) is 108 Å². The van der Waals surface area contributed by atoms with Gasteiger partial charge in [0.15, 0.2) is 5.60 Å². The van der Waals surface area contributed by atoms with Crippen LogP contribution in [0, 0.1) is 0 Å². The van der Waals surface area contributed by atoms with E-state index in [0.29, 0.717) is 12.5 Å². The molecule has 0 aromatic carbocycles. The van der Waals surface area contributed by atoms with Crippen molar-refractivity contribution in [2.75, 3.05) is 13.1 Å². The Balaban J connectivity index is 1.37. The molecule has 3 heterocycles. The summed E-state index contributed by atoms with van der Waals surface area (Å²) in [5.74, 6) is -0.161. The Labute approximate surface area is 186 Å². The highest BCUT2D eigenvalue weighted by Crippen LogP contribution is 2.47. The third-order valence-electron chi connectivity index (χ3n) is 8.69. The van der Waals surface area contributed by atoms with Crippen LogP contribution in [0.3, 0.4) is 0 Å². The van der Waals surface area contributed by atoms with Crippen LogP contribution in [-0.4, -0.2) is 69.9 Å². The summed E-state index contributed by atoms with van der Waals surface area (Å²) in [6.07, 6.45) is 9.40. The van der Waals surface area contributed by atoms with Gasteiger partial charge in [0, 0.05) is 17.8 Å². The van der Waals surface area contributed by atoms with Crippen molar-refractivity contribution in [1.29, 1.82) is 0 Å². The molecule has 0 bridgehead atoms. The minimum atomic E-state index is -1.40. The van der Waals surface area contributed by atoms with Crippen LogP contribution in [0.25, 0.3) is 0 Å². The molecular weight excluding hydrogens is 391 g/mol. The molecule has 2 saturated heterocycles. The summed E-state index contributed by atoms with van der Waals surface area (Å²) in [7, 11) is -0.399. The lowest BCUT2D eigenvalue weighted by molar-refractivity contribution is -0.145. The van der Waals surface area contributed by atoms with E-state index in [1.54, 1.807) is 6.92 Å². The standard InChI is InChI=1S/C24H37BN2O4/c1-22(2)23(3,4)31-25(30-22)16-9-10-19-20(13-16)27(21(28)24(19,5)29)18-14-17(15-18)26-11-7-6-8-12-26/h13,17-18,29H,6-12,14-15H2,1-5H3. The van der Waals surface area contributed by atoms with Gasteiger partial charge in [-0.1, -0.05) is 6.42 Å². The lowest BCUT2D eigenvalue weighted by Gasteiger charge is -2.48. The van der Waals surface area contributed by atoms with Crippen LogP contribution in [0.1, 0.15) is 79.6 Å². The molecule has 0 aromatic heterocycles. The third-order valence-corrected chi connectivity index (χ3v) is 8.69. The molecule has 0 radical (unpaired) electrons. The fourth-order valence-corrected chi connectivity index (χ4v) is 5.81. The van der Waals surface area contributed by atoms with Gasteiger partial charge in [0.25, 0.3) is 5.91 Å². The maximum absolute atomic E-state index is 13.3. The Hall–Kier alpha value is -1.15. The summed E-state index contributed by atoms with van der Waals surface area (Å²) in [5.41, 5.74) is 0.648. The molecular formula is C24H37BN2O4. The van der Waals surface area contributed by atoms with E-state index in [9.17, 15) is 9.90 Å². The van der Waals surface area contributed by atoms with Crippen molar-refractivity contribution in [3.05, 3.63) is 22.8 Å². The third kappa shape index (κ3) is 3.35. The molecule has 1 unspecified atom stereocenters. The maximum atomic E-state index is 13.3. The zero-order valence-electron chi connectivity index (χ0n) is 19.7. The number of rotatable bonds is 3. The zero-order valence-corrected chi connectivity index (χ0v) is 19.7. The predicted molar refractivity (Wildman–Crippen MR) is 120 cm³/mol. The monoisotopic (exact) mass is 428 g/mol. The zero-order chi connectivity index (χ0) is 22.2. The van der Waals surface area contributed by atoms with E-state index in [2.05, 4.69) is 38.7 Å². The molecule has 0 spiro atoms. The summed E-state index contributed by atoms with van der Waals surface area (Å²) in [6.45, 7) is 12.3. The quantitative estimate of drug-likeness (QED) is 0.700. The minimum Gasteiger partial charge on any atom is -0.400 e. The molecule has 2 aliphatic carbocycles. The van der Waals surface area contributed by atoms with Crippen LogP contribution in [0.2, 0.25) is 0 Å². The molecule has 3 aliphatic heterocycles. The average molecular weight is 428 g/mol. The number of piperidine rings is 1. The first-order valence-corrected chi connectivity index (χ1v) is 12.1. The number of aliphatic hydroxyl groups is 1. The van der Waals surface area contributed by atoms with E-state index in [1.165, 1.54) is 32.4 Å². The number of amides is 1. The second-order valence-corrected chi connectivity index (χ2v) is 11.3. The number of hydrogen-bond acceptors (Lipinski definition) is 5. The smallest absolute Gasteiger partial charge is 0.400 e. The van der Waals surface area contributed by atoms with Crippen LogP contribution >= 0.6 is 0 Å². The topological polar surface area (TPSA) is 62.2 Å². The highest BCUT2D eigenvalue weighted by Gasteiger charge is 2.56. The van der Waals surface area contributed by atoms with Gasteiger partial charge < -0.3 is 24.2 Å². The van der Waals surface area contributed by atoms with Crippen molar-refractivity contribution in [2.24, 2.45) is 0 Å². The highest BCUT2D eigenvalue weighted by molar-refractivity contribution is 6.54. The van der Waals surface area contributed by atoms with Crippen molar-refractivity contribution in [3.63, 3.8) is 0 Å². The molecule has 6 nitrogen and oxygen atoms in total. The van der Waals surface area contributed by atoms with Crippen LogP contribution in [0.5, 0.6) is 0 Å². The SMILES string of the molecule is CC1(O)C(=O)N(C2CC(N3CCCCC3)C2)C2=C1CCC(B1OC(C)(C)C(C)(C)O1)=C2. The van der Waals surface area contributed by atoms with Gasteiger partial charge in [-0.2, -0.15) is 0 Å². The molecule has 5 aliphatic rings. The average Bonchev–Trinajstić information content (AvgIpc) is 3.02. The summed E-state index contributed by atoms with van der Waals surface area (Å²) < 4.78 is 12.6. The van der Waals surface area contributed by atoms with Crippen LogP contribution in [0.4, 0.5) is 0 Å². The van der Waals surface area contributed by atoms with Gasteiger partial charge in [-0.25, -0.2) is 0 Å². The molecule has 5 rings (SSSR count). The second kappa shape index (κ2) is 7.18. The highest BCUT2D eigenvalue weighted by atomic mass is 16.7. The molecule has 1 amide bonds. The van der Waals surface area contributed by atoms with Gasteiger partial charge in [0.05, 0.1) is 11.2 Å². The van der Waals surface area contributed by atoms with E-state index in [0.717, 1.165) is 36.0 Å². The summed E-state index contributed by atoms with van der Waals surface area (Å²) >= 11 is 0. The van der Waals surface area contributed by atoms with E-state index >= 15 is 0 Å². The molecule has 170 valence electrons. The first-order chi connectivity index (χ1) is 14.5. The fourth-order valence-electron chi connectivity index (χ4n) is 5.81. The van der Waals surface area contributed by atoms with E-state index < -0.39 is 12.7 Å². The van der Waals surface area contributed by atoms with Gasteiger partial charge in [0.2, 0.25) is 0 Å². The molecule has 1 saturated carbocycles. The van der Waals surface area contributed by atoms with E-state index in [4.69, 9.17) is 9.31 Å². The number of hydrogen-bond donors (Lipinski definition) is 1. The fraction of sp³-hybridized carbons (Fsp3) is 0.792. The van der Waals surface area contributed by atoms with Crippen LogP contribution in [0.15, 0.2) is 22.8 Å². The summed E-state index contributed by atoms with van der Waals surface area (Å²) in [5, 5.41) is 11.1. The van der Waals surface area contributed by atoms with Crippen molar-refractivity contribution in [1.82, 2.24) is 9.80 Å². The number of carbonyl (C=O) groups is 1. The molecule has 1 N–H and O–H groups in total. The van der Waals surface area contributed by atoms with E-state index in [-0.39, 0.29) is 23.2 Å². The molecule has 3 fully saturated rings. The number of allylic oxidation sites excluding steroid dienone is 2. The lowest BCUT2D eigenvalue weighted by Crippen LogP contribution is -2.56. The summed E-state index contributed by atoms with van der Waals surface area (Å²) in [6, 6.07) is 0.745. The van der Waals surface area contributed by atoms with Gasteiger partial charge in [0.1, 0.15) is 0 Å². The van der Waals surface area contributed by atoms with Crippen LogP contribution in [-0.2, 0) is 14.1 Å². The Morgan fingerprint density at radius 3 is 2.19 bits per heavy atom. The molecule has 31 heavy (non-hydrogen) atoms. The molecule has 7 heteroatoms. The molecule has 0 aromatic rings. The summed E-state index contributed by atoms with van der Waals surface area (Å²) in [4.78, 5) is 17.8. The normalized spacial score (nSPS) is 37.7. The second-order valence-electron chi connectivity index (χ2n) is 11.3. The van der Waals surface area contributed by atoms with Crippen molar-refractivity contribution < 1.29 is 19.2 Å². The first-order valence-electron chi connectivity index (χ1n) is 12.1. The number of likely N-dealkylation sites (tertiary alicyclic amines) is 1. The maximum Gasteiger partial charge on any atom is 0.490 e. The van der Waals surface area contributed by atoms with Gasteiger partial charge >= 0.3 is 7.12 Å². The molecule has 1 atom stereocenters. The predicted octanol–water partition coefficient (Wildman–Crippen LogP) is 3.20. The number of carbonyl (C=O) groups excluding carboxylic acids is 1. The Morgan fingerprint density at radius 1 is 0.968 bits per heavy atom. The Kier molecular flexibility index (Phi) is 5.02. The van der Waals surface area contributed by atoms with Gasteiger partial charge in [-0.15, -0.1) is 0 Å². The Bertz CT molecular complexity index is 819. The van der Waals surface area contributed by atoms with Crippen molar-refractivity contribution in [3.8, 4) is 0 Å². The van der Waals surface area contributed by atoms with Crippen LogP contribution < -0.4 is 0 Å². The minimum absolute atomic E-state index is 0.161. The van der Waals surface area contributed by atoms with E-state index in [1.807, 2.05) is 4.90 Å². The van der Waals surface area contributed by atoms with Gasteiger partial charge in [-0.3, -0.25) is 4.79 Å².